The van der Waals surface area contributed by atoms with Gasteiger partial charge in [0.1, 0.15) is 11.5 Å². The van der Waals surface area contributed by atoms with Crippen molar-refractivity contribution >= 4 is 10.9 Å². The van der Waals surface area contributed by atoms with Crippen LogP contribution >= 0.6 is 0 Å². The molecule has 0 saturated heterocycles. The Morgan fingerprint density at radius 1 is 0.714 bits per heavy atom. The van der Waals surface area contributed by atoms with Gasteiger partial charge in [-0.2, -0.15) is 0 Å². The molecule has 0 fully saturated rings. The van der Waals surface area contributed by atoms with Gasteiger partial charge >= 0.3 is 5.51 Å². The number of methoxy groups -OCH3 is 2. The number of ether oxygens (including phenoxy) is 2. The first-order valence-electron chi connectivity index (χ1n) is 6.05. The van der Waals surface area contributed by atoms with Gasteiger partial charge in [-0.05, 0) is 48.5 Å². The summed E-state index contributed by atoms with van der Waals surface area (Å²) in [6.45, 7) is 0. The first-order valence-corrected chi connectivity index (χ1v) is 7.27. The van der Waals surface area contributed by atoms with E-state index < -0.39 is 16.4 Å². The molecule has 2 aromatic rings. The molecule has 0 amide bonds. The van der Waals surface area contributed by atoms with Gasteiger partial charge in [-0.3, -0.25) is 0 Å². The third-order valence-corrected chi connectivity index (χ3v) is 4.77. The van der Waals surface area contributed by atoms with Gasteiger partial charge in [-0.25, -0.2) is 0 Å². The highest BCUT2D eigenvalue weighted by Gasteiger charge is 2.54. The first kappa shape index (κ1) is 15.6. The monoisotopic (exact) mass is 315 g/mol. The molecule has 0 aliphatic rings. The number of rotatable bonds is 4. The van der Waals surface area contributed by atoms with Gasteiger partial charge in [0.25, 0.3) is 0 Å². The molecular formula is C15H14F3O2S+. The van der Waals surface area contributed by atoms with Crippen molar-refractivity contribution in [2.45, 2.75) is 15.3 Å². The lowest BCUT2D eigenvalue weighted by atomic mass is 10.3. The van der Waals surface area contributed by atoms with E-state index in [-0.39, 0.29) is 9.79 Å². The minimum Gasteiger partial charge on any atom is -0.497 e. The van der Waals surface area contributed by atoms with E-state index in [1.54, 1.807) is 0 Å². The standard InChI is InChI=1S/C15H14F3O2S/c1-19-11-3-7-13(8-4-11)21(15(16,17)18)14-9-5-12(20-2)6-10-14/h3-10H,1-2H3/q+1. The largest absolute Gasteiger partial charge is 0.586 e. The summed E-state index contributed by atoms with van der Waals surface area (Å²) in [7, 11) is 0.948. The van der Waals surface area contributed by atoms with Gasteiger partial charge in [0.05, 0.1) is 14.2 Å². The summed E-state index contributed by atoms with van der Waals surface area (Å²) in [5, 5.41) is 0. The van der Waals surface area contributed by atoms with Crippen molar-refractivity contribution in [3.05, 3.63) is 48.5 Å². The Morgan fingerprint density at radius 2 is 1.05 bits per heavy atom. The Kier molecular flexibility index (Phi) is 4.67. The van der Waals surface area contributed by atoms with Crippen LogP contribution in [0, 0.1) is 0 Å². The molecular weight excluding hydrogens is 301 g/mol. The van der Waals surface area contributed by atoms with Crippen molar-refractivity contribution in [2.24, 2.45) is 0 Å². The van der Waals surface area contributed by atoms with Crippen molar-refractivity contribution < 1.29 is 22.6 Å². The van der Waals surface area contributed by atoms with Crippen LogP contribution in [0.4, 0.5) is 13.2 Å². The maximum Gasteiger partial charge on any atom is 0.586 e. The molecule has 0 bridgehead atoms. The highest BCUT2D eigenvalue weighted by Crippen LogP contribution is 2.39. The van der Waals surface area contributed by atoms with E-state index >= 15 is 0 Å². The van der Waals surface area contributed by atoms with Crippen LogP contribution in [-0.4, -0.2) is 19.7 Å². The second kappa shape index (κ2) is 6.30. The zero-order valence-corrected chi connectivity index (χ0v) is 12.3. The molecule has 2 rings (SSSR count). The molecule has 0 aliphatic heterocycles. The van der Waals surface area contributed by atoms with Gasteiger partial charge < -0.3 is 9.47 Å². The Balaban J connectivity index is 2.41. The van der Waals surface area contributed by atoms with Crippen LogP contribution in [0.3, 0.4) is 0 Å². The highest BCUT2D eigenvalue weighted by atomic mass is 32.2. The average Bonchev–Trinajstić information content (AvgIpc) is 2.47. The molecule has 0 aliphatic carbocycles. The molecule has 0 saturated carbocycles. The molecule has 21 heavy (non-hydrogen) atoms. The fraction of sp³-hybridized carbons (Fsp3) is 0.200. The number of alkyl halides is 3. The first-order chi connectivity index (χ1) is 9.95. The van der Waals surface area contributed by atoms with Crippen molar-refractivity contribution in [2.75, 3.05) is 14.2 Å². The van der Waals surface area contributed by atoms with Crippen LogP contribution in [0.25, 0.3) is 0 Å². The fourth-order valence-electron chi connectivity index (χ4n) is 1.83. The summed E-state index contributed by atoms with van der Waals surface area (Å²) >= 11 is 0. The SMILES string of the molecule is COc1ccc([S+](c2ccc(OC)cc2)C(F)(F)F)cc1. The second-order valence-corrected chi connectivity index (χ2v) is 6.12. The molecule has 0 unspecified atom stereocenters. The topological polar surface area (TPSA) is 18.5 Å². The molecule has 112 valence electrons. The lowest BCUT2D eigenvalue weighted by Gasteiger charge is -2.11. The molecule has 0 aromatic heterocycles. The van der Waals surface area contributed by atoms with Crippen LogP contribution in [0.15, 0.2) is 58.3 Å². The minimum atomic E-state index is -4.34. The van der Waals surface area contributed by atoms with Crippen LogP contribution in [0.1, 0.15) is 0 Å². The number of benzene rings is 2. The summed E-state index contributed by atoms with van der Waals surface area (Å²) in [6, 6.07) is 11.9. The quantitative estimate of drug-likeness (QED) is 0.785. The van der Waals surface area contributed by atoms with E-state index in [1.807, 2.05) is 0 Å². The molecule has 6 heteroatoms. The van der Waals surface area contributed by atoms with Gasteiger partial charge in [-0.1, -0.05) is 0 Å². The molecule has 2 aromatic carbocycles. The summed E-state index contributed by atoms with van der Waals surface area (Å²) in [4.78, 5) is 0.405. The van der Waals surface area contributed by atoms with Crippen molar-refractivity contribution in [1.29, 1.82) is 0 Å². The third kappa shape index (κ3) is 3.64. The smallest absolute Gasteiger partial charge is 0.497 e. The minimum absolute atomic E-state index is 0.202. The van der Waals surface area contributed by atoms with Gasteiger partial charge in [0, 0.05) is 0 Å². The zero-order valence-electron chi connectivity index (χ0n) is 11.5. The van der Waals surface area contributed by atoms with Crippen LogP contribution < -0.4 is 9.47 Å². The van der Waals surface area contributed by atoms with Crippen molar-refractivity contribution in [3.63, 3.8) is 0 Å². The summed E-state index contributed by atoms with van der Waals surface area (Å²) in [5.41, 5.74) is -4.34. The molecule has 0 heterocycles. The van der Waals surface area contributed by atoms with Crippen molar-refractivity contribution in [3.8, 4) is 11.5 Å². The van der Waals surface area contributed by atoms with E-state index in [0.29, 0.717) is 11.5 Å². The van der Waals surface area contributed by atoms with Gasteiger partial charge in [0.2, 0.25) is 0 Å². The summed E-state index contributed by atoms with van der Waals surface area (Å²) in [5.74, 6) is 1.05. The Labute approximate surface area is 123 Å². The Bertz CT molecular complexity index is 532. The molecule has 2 nitrogen and oxygen atoms in total. The van der Waals surface area contributed by atoms with Crippen LogP contribution in [0.5, 0.6) is 11.5 Å². The number of hydrogen-bond donors (Lipinski definition) is 0. The lowest BCUT2D eigenvalue weighted by Crippen LogP contribution is -2.24. The average molecular weight is 315 g/mol. The van der Waals surface area contributed by atoms with E-state index in [1.165, 1.54) is 62.8 Å². The van der Waals surface area contributed by atoms with E-state index in [9.17, 15) is 13.2 Å². The second-order valence-electron chi connectivity index (χ2n) is 4.10. The van der Waals surface area contributed by atoms with Crippen molar-refractivity contribution in [1.82, 2.24) is 0 Å². The highest BCUT2D eigenvalue weighted by molar-refractivity contribution is 7.97. The van der Waals surface area contributed by atoms with E-state index in [2.05, 4.69) is 0 Å². The molecule has 0 atom stereocenters. The normalized spacial score (nSPS) is 11.5. The predicted molar refractivity (Wildman–Crippen MR) is 75.9 cm³/mol. The predicted octanol–water partition coefficient (Wildman–Crippen LogP) is 4.26. The molecule has 0 radical (unpaired) electrons. The zero-order chi connectivity index (χ0) is 15.5. The van der Waals surface area contributed by atoms with Crippen LogP contribution in [0.2, 0.25) is 0 Å². The Hall–Kier alpha value is -1.82. The van der Waals surface area contributed by atoms with E-state index in [0.717, 1.165) is 0 Å². The summed E-state index contributed by atoms with van der Waals surface area (Å²) < 4.78 is 50.2. The van der Waals surface area contributed by atoms with Gasteiger partial charge in [0.15, 0.2) is 20.7 Å². The Morgan fingerprint density at radius 3 is 1.29 bits per heavy atom. The van der Waals surface area contributed by atoms with Crippen LogP contribution in [-0.2, 0) is 10.9 Å². The van der Waals surface area contributed by atoms with E-state index in [4.69, 9.17) is 9.47 Å². The maximum atomic E-state index is 13.4. The molecule has 0 spiro atoms. The fourth-order valence-corrected chi connectivity index (χ4v) is 3.45. The third-order valence-electron chi connectivity index (χ3n) is 2.82. The maximum absolute atomic E-state index is 13.4. The number of halogens is 3. The molecule has 0 N–H and O–H groups in total. The number of hydrogen-bond acceptors (Lipinski definition) is 2. The van der Waals surface area contributed by atoms with Gasteiger partial charge in [-0.15, -0.1) is 13.2 Å². The lowest BCUT2D eigenvalue weighted by molar-refractivity contribution is -0.0371. The summed E-state index contributed by atoms with van der Waals surface area (Å²) in [6.07, 6.45) is 0.